The van der Waals surface area contributed by atoms with Crippen molar-refractivity contribution < 1.29 is 19.1 Å². The number of Topliss-reactive ketones (excluding diaryl/α,β-unsaturated/α-hetero) is 1. The van der Waals surface area contributed by atoms with Crippen molar-refractivity contribution in [2.75, 3.05) is 6.61 Å². The van der Waals surface area contributed by atoms with Crippen LogP contribution in [0.1, 0.15) is 17.3 Å². The molecule has 0 aliphatic carbocycles. The Morgan fingerprint density at radius 3 is 3.00 bits per heavy atom. The van der Waals surface area contributed by atoms with Gasteiger partial charge in [-0.15, -0.1) is 0 Å². The minimum absolute atomic E-state index is 0.228. The first kappa shape index (κ1) is 11.1. The molecule has 0 N–H and O–H groups in total. The fourth-order valence-corrected chi connectivity index (χ4v) is 1.85. The molecular formula is C11H9BrO4. The summed E-state index contributed by atoms with van der Waals surface area (Å²) < 4.78 is 10.8. The minimum atomic E-state index is -1.15. The molecule has 0 saturated heterocycles. The number of fused-ring (bicyclic) bond motifs is 1. The Balaban J connectivity index is 2.27. The molecule has 1 aromatic carbocycles. The Morgan fingerprint density at radius 2 is 2.31 bits per heavy atom. The summed E-state index contributed by atoms with van der Waals surface area (Å²) in [5.41, 5.74) is 0.410. The van der Waals surface area contributed by atoms with Crippen LogP contribution in [0.15, 0.2) is 22.7 Å². The summed E-state index contributed by atoms with van der Waals surface area (Å²) in [5.74, 6) is -0.569. The summed E-state index contributed by atoms with van der Waals surface area (Å²) in [6, 6.07) is 5.03. The third kappa shape index (κ3) is 1.82. The Morgan fingerprint density at radius 1 is 1.56 bits per heavy atom. The van der Waals surface area contributed by atoms with Gasteiger partial charge < -0.3 is 9.47 Å². The molecule has 16 heavy (non-hydrogen) atoms. The SMILES string of the molecule is CCOC(=O)[C@@H]1Oc2ccc(Br)cc2C1=O. The molecule has 1 aliphatic rings. The van der Waals surface area contributed by atoms with Gasteiger partial charge in [0.1, 0.15) is 5.75 Å². The van der Waals surface area contributed by atoms with Gasteiger partial charge >= 0.3 is 5.97 Å². The lowest BCUT2D eigenvalue weighted by molar-refractivity contribution is -0.148. The first-order valence-corrected chi connectivity index (χ1v) is 5.60. The molecular weight excluding hydrogens is 276 g/mol. The second-order valence-corrected chi connectivity index (χ2v) is 4.17. The molecule has 0 saturated carbocycles. The van der Waals surface area contributed by atoms with Crippen LogP contribution >= 0.6 is 15.9 Å². The average Bonchev–Trinajstić information content (AvgIpc) is 2.57. The third-order valence-electron chi connectivity index (χ3n) is 2.19. The molecule has 0 unspecified atom stereocenters. The summed E-state index contributed by atoms with van der Waals surface area (Å²) in [5, 5.41) is 0. The highest BCUT2D eigenvalue weighted by atomic mass is 79.9. The second-order valence-electron chi connectivity index (χ2n) is 3.25. The average molecular weight is 285 g/mol. The predicted octanol–water partition coefficient (Wildman–Crippen LogP) is 1.96. The maximum absolute atomic E-state index is 11.8. The third-order valence-corrected chi connectivity index (χ3v) is 2.68. The topological polar surface area (TPSA) is 52.6 Å². The summed E-state index contributed by atoms with van der Waals surface area (Å²) in [6.07, 6.45) is -1.15. The van der Waals surface area contributed by atoms with E-state index in [1.54, 1.807) is 25.1 Å². The van der Waals surface area contributed by atoms with Crippen molar-refractivity contribution in [3.63, 3.8) is 0 Å². The van der Waals surface area contributed by atoms with Gasteiger partial charge in [0, 0.05) is 4.47 Å². The predicted molar refractivity (Wildman–Crippen MR) is 59.5 cm³/mol. The molecule has 2 rings (SSSR count). The lowest BCUT2D eigenvalue weighted by Crippen LogP contribution is -2.32. The number of ether oxygens (including phenoxy) is 2. The maximum Gasteiger partial charge on any atom is 0.355 e. The number of halogens is 1. The van der Waals surface area contributed by atoms with Gasteiger partial charge in [0.15, 0.2) is 0 Å². The molecule has 0 aromatic heterocycles. The molecule has 84 valence electrons. The zero-order valence-electron chi connectivity index (χ0n) is 8.53. The summed E-state index contributed by atoms with van der Waals surface area (Å²) in [6.45, 7) is 1.91. The van der Waals surface area contributed by atoms with Crippen LogP contribution in [0, 0.1) is 0 Å². The zero-order valence-corrected chi connectivity index (χ0v) is 10.1. The maximum atomic E-state index is 11.8. The van der Waals surface area contributed by atoms with E-state index in [1.165, 1.54) is 0 Å². The second kappa shape index (κ2) is 4.25. The number of rotatable bonds is 2. The number of carbonyl (C=O) groups is 2. The molecule has 1 aromatic rings. The van der Waals surface area contributed by atoms with Crippen LogP contribution in [0.3, 0.4) is 0 Å². The van der Waals surface area contributed by atoms with Crippen molar-refractivity contribution >= 4 is 27.7 Å². The van der Waals surface area contributed by atoms with E-state index in [9.17, 15) is 9.59 Å². The number of carbonyl (C=O) groups excluding carboxylic acids is 2. The molecule has 1 heterocycles. The van der Waals surface area contributed by atoms with Gasteiger partial charge in [-0.05, 0) is 25.1 Å². The molecule has 0 spiro atoms. The van der Waals surface area contributed by atoms with Gasteiger partial charge in [0.05, 0.1) is 12.2 Å². The largest absolute Gasteiger partial charge is 0.470 e. The van der Waals surface area contributed by atoms with E-state index in [2.05, 4.69) is 15.9 Å². The molecule has 1 aliphatic heterocycles. The first-order valence-electron chi connectivity index (χ1n) is 4.80. The Bertz CT molecular complexity index is 455. The van der Waals surface area contributed by atoms with Gasteiger partial charge in [-0.25, -0.2) is 4.79 Å². The number of esters is 1. The van der Waals surface area contributed by atoms with Crippen LogP contribution in [0.4, 0.5) is 0 Å². The summed E-state index contributed by atoms with van der Waals surface area (Å²) >= 11 is 3.26. The van der Waals surface area contributed by atoms with Crippen molar-refractivity contribution in [3.05, 3.63) is 28.2 Å². The fourth-order valence-electron chi connectivity index (χ4n) is 1.49. The van der Waals surface area contributed by atoms with Crippen LogP contribution in [-0.2, 0) is 9.53 Å². The number of hydrogen-bond donors (Lipinski definition) is 0. The van der Waals surface area contributed by atoms with Crippen molar-refractivity contribution in [2.45, 2.75) is 13.0 Å². The van der Waals surface area contributed by atoms with Crippen LogP contribution in [0.25, 0.3) is 0 Å². The minimum Gasteiger partial charge on any atom is -0.470 e. The normalized spacial score (nSPS) is 17.9. The zero-order chi connectivity index (χ0) is 11.7. The van der Waals surface area contributed by atoms with Crippen LogP contribution in [0.2, 0.25) is 0 Å². The Kier molecular flexibility index (Phi) is 2.96. The number of ketones is 1. The molecule has 4 nitrogen and oxygen atoms in total. The summed E-state index contributed by atoms with van der Waals surface area (Å²) in [7, 11) is 0. The molecule has 0 fully saturated rings. The summed E-state index contributed by atoms with van der Waals surface area (Å²) in [4.78, 5) is 23.2. The smallest absolute Gasteiger partial charge is 0.355 e. The van der Waals surface area contributed by atoms with E-state index in [-0.39, 0.29) is 12.4 Å². The van der Waals surface area contributed by atoms with Crippen LogP contribution in [0.5, 0.6) is 5.75 Å². The van der Waals surface area contributed by atoms with Crippen molar-refractivity contribution in [1.82, 2.24) is 0 Å². The van der Waals surface area contributed by atoms with Crippen molar-refractivity contribution in [1.29, 1.82) is 0 Å². The van der Waals surface area contributed by atoms with E-state index in [0.29, 0.717) is 11.3 Å². The van der Waals surface area contributed by atoms with Gasteiger partial charge in [0.25, 0.3) is 6.10 Å². The lowest BCUT2D eigenvalue weighted by atomic mass is 10.1. The molecule has 1 atom stereocenters. The lowest BCUT2D eigenvalue weighted by Gasteiger charge is -2.07. The highest BCUT2D eigenvalue weighted by Gasteiger charge is 2.39. The van der Waals surface area contributed by atoms with E-state index in [4.69, 9.17) is 9.47 Å². The van der Waals surface area contributed by atoms with Gasteiger partial charge in [-0.2, -0.15) is 0 Å². The molecule has 0 radical (unpaired) electrons. The quantitative estimate of drug-likeness (QED) is 0.615. The monoisotopic (exact) mass is 284 g/mol. The van der Waals surface area contributed by atoms with E-state index < -0.39 is 12.1 Å². The molecule has 0 bridgehead atoms. The molecule has 5 heteroatoms. The Hall–Kier alpha value is -1.36. The van der Waals surface area contributed by atoms with Gasteiger partial charge in [-0.1, -0.05) is 15.9 Å². The van der Waals surface area contributed by atoms with Gasteiger partial charge in [0.2, 0.25) is 5.78 Å². The van der Waals surface area contributed by atoms with Crippen molar-refractivity contribution in [3.8, 4) is 5.75 Å². The van der Waals surface area contributed by atoms with E-state index >= 15 is 0 Å². The highest BCUT2D eigenvalue weighted by molar-refractivity contribution is 9.10. The molecule has 0 amide bonds. The van der Waals surface area contributed by atoms with Crippen molar-refractivity contribution in [2.24, 2.45) is 0 Å². The van der Waals surface area contributed by atoms with Gasteiger partial charge in [-0.3, -0.25) is 4.79 Å². The van der Waals surface area contributed by atoms with Crippen LogP contribution in [-0.4, -0.2) is 24.5 Å². The van der Waals surface area contributed by atoms with E-state index in [0.717, 1.165) is 4.47 Å². The standard InChI is InChI=1S/C11H9BrO4/c1-2-15-11(14)10-9(13)7-5-6(12)3-4-8(7)16-10/h3-5,10H,2H2,1H3/t10-/m1/s1. The van der Waals surface area contributed by atoms with Crippen LogP contribution < -0.4 is 4.74 Å². The number of benzene rings is 1. The first-order chi connectivity index (χ1) is 7.63. The Labute approximate surface area is 101 Å². The fraction of sp³-hybridized carbons (Fsp3) is 0.273. The highest BCUT2D eigenvalue weighted by Crippen LogP contribution is 2.31. The number of hydrogen-bond acceptors (Lipinski definition) is 4. The van der Waals surface area contributed by atoms with E-state index in [1.807, 2.05) is 0 Å².